The highest BCUT2D eigenvalue weighted by atomic mass is 32.2. The molecule has 0 radical (unpaired) electrons. The van der Waals surface area contributed by atoms with Crippen LogP contribution in [0.25, 0.3) is 0 Å². The lowest BCUT2D eigenvalue weighted by Gasteiger charge is -1.98. The molecule has 0 aliphatic heterocycles. The van der Waals surface area contributed by atoms with E-state index < -0.39 is 16.6 Å². The van der Waals surface area contributed by atoms with Crippen molar-refractivity contribution in [1.29, 1.82) is 0 Å². The molecule has 0 aliphatic rings. The number of carboxylic acids is 1. The smallest absolute Gasteiger partial charge is 0.342 e. The first-order valence-corrected chi connectivity index (χ1v) is 6.54. The van der Waals surface area contributed by atoms with Crippen molar-refractivity contribution in [2.75, 3.05) is 5.75 Å². The van der Waals surface area contributed by atoms with Gasteiger partial charge in [0.25, 0.3) is 5.69 Å². The second-order valence-corrected chi connectivity index (χ2v) is 4.96. The zero-order valence-corrected chi connectivity index (χ0v) is 11.4. The highest BCUT2D eigenvalue weighted by molar-refractivity contribution is 8.13. The largest absolute Gasteiger partial charge is 0.477 e. The first-order chi connectivity index (χ1) is 9.41. The number of nitro benzene ring substituents is 1. The van der Waals surface area contributed by atoms with Gasteiger partial charge < -0.3 is 5.11 Å². The third-order valence-corrected chi connectivity index (χ3v) is 3.00. The molecule has 0 bridgehead atoms. The molecule has 104 valence electrons. The fourth-order valence-electron chi connectivity index (χ4n) is 1.35. The Kier molecular flexibility index (Phi) is 5.74. The van der Waals surface area contributed by atoms with E-state index in [2.05, 4.69) is 11.8 Å². The van der Waals surface area contributed by atoms with Crippen molar-refractivity contribution in [1.82, 2.24) is 0 Å². The summed E-state index contributed by atoms with van der Waals surface area (Å²) in [5, 5.41) is 19.6. The molecule has 0 atom stereocenters. The van der Waals surface area contributed by atoms with Crippen LogP contribution >= 0.6 is 11.8 Å². The second-order valence-electron chi connectivity index (χ2n) is 3.69. The van der Waals surface area contributed by atoms with E-state index in [0.29, 0.717) is 17.7 Å². The van der Waals surface area contributed by atoms with Gasteiger partial charge in [0.15, 0.2) is 5.12 Å². The van der Waals surface area contributed by atoms with Gasteiger partial charge in [-0.1, -0.05) is 23.6 Å². The quantitative estimate of drug-likeness (QED) is 0.396. The Hall–Kier alpha value is -2.33. The van der Waals surface area contributed by atoms with Crippen molar-refractivity contribution in [3.8, 4) is 11.8 Å². The van der Waals surface area contributed by atoms with E-state index in [0.717, 1.165) is 17.8 Å². The van der Waals surface area contributed by atoms with Crippen LogP contribution in [-0.4, -0.2) is 26.9 Å². The van der Waals surface area contributed by atoms with E-state index in [1.165, 1.54) is 19.1 Å². The Morgan fingerprint density at radius 1 is 1.45 bits per heavy atom. The minimum Gasteiger partial charge on any atom is -0.477 e. The van der Waals surface area contributed by atoms with Crippen LogP contribution in [-0.2, 0) is 4.79 Å². The van der Waals surface area contributed by atoms with Gasteiger partial charge in [0, 0.05) is 30.7 Å². The van der Waals surface area contributed by atoms with Crippen LogP contribution in [0.15, 0.2) is 18.2 Å². The number of nitrogens with zero attached hydrogens (tertiary/aromatic N) is 1. The van der Waals surface area contributed by atoms with Crippen molar-refractivity contribution in [3.05, 3.63) is 39.4 Å². The first kappa shape index (κ1) is 15.7. The minimum absolute atomic E-state index is 0.00954. The third-order valence-electron chi connectivity index (χ3n) is 2.19. The van der Waals surface area contributed by atoms with E-state index in [1.807, 2.05) is 0 Å². The summed E-state index contributed by atoms with van der Waals surface area (Å²) in [4.78, 5) is 31.5. The van der Waals surface area contributed by atoms with E-state index in [-0.39, 0.29) is 10.7 Å². The van der Waals surface area contributed by atoms with Crippen LogP contribution < -0.4 is 0 Å². The van der Waals surface area contributed by atoms with Gasteiger partial charge in [-0.15, -0.1) is 0 Å². The summed E-state index contributed by atoms with van der Waals surface area (Å²) in [6, 6.07) is 3.69. The topological polar surface area (TPSA) is 97.5 Å². The maximum atomic E-state index is 10.9. The van der Waals surface area contributed by atoms with Gasteiger partial charge in [-0.2, -0.15) is 0 Å². The van der Waals surface area contributed by atoms with Gasteiger partial charge in [-0.25, -0.2) is 4.79 Å². The molecule has 1 aromatic carbocycles. The molecule has 0 unspecified atom stereocenters. The SMILES string of the molecule is CC(=O)SCCC#Cc1ccc([N+](=O)[O-])c(C(=O)O)c1. The average Bonchev–Trinajstić information content (AvgIpc) is 2.37. The van der Waals surface area contributed by atoms with Crippen LogP contribution in [0.2, 0.25) is 0 Å². The van der Waals surface area contributed by atoms with Crippen molar-refractivity contribution in [3.63, 3.8) is 0 Å². The number of carbonyl (C=O) groups is 2. The normalized spacial score (nSPS) is 9.45. The Bertz CT molecular complexity index is 615. The van der Waals surface area contributed by atoms with Crippen LogP contribution in [0.1, 0.15) is 29.3 Å². The summed E-state index contributed by atoms with van der Waals surface area (Å²) in [6.07, 6.45) is 0.476. The lowest BCUT2D eigenvalue weighted by atomic mass is 10.1. The van der Waals surface area contributed by atoms with Crippen LogP contribution in [0.5, 0.6) is 0 Å². The Balaban J connectivity index is 2.85. The lowest BCUT2D eigenvalue weighted by molar-refractivity contribution is -0.385. The number of hydrogen-bond donors (Lipinski definition) is 1. The van der Waals surface area contributed by atoms with Crippen molar-refractivity contribution >= 4 is 28.5 Å². The number of carbonyl (C=O) groups excluding carboxylic acids is 1. The Labute approximate surface area is 119 Å². The molecule has 0 fully saturated rings. The van der Waals surface area contributed by atoms with Gasteiger partial charge in [0.2, 0.25) is 0 Å². The predicted octanol–water partition coefficient (Wildman–Crippen LogP) is 2.31. The van der Waals surface area contributed by atoms with Gasteiger partial charge in [-0.3, -0.25) is 14.9 Å². The summed E-state index contributed by atoms with van der Waals surface area (Å²) in [5.74, 6) is 4.69. The number of carboxylic acid groups (broad SMARTS) is 1. The average molecular weight is 293 g/mol. The number of rotatable bonds is 4. The molecule has 1 aromatic rings. The Morgan fingerprint density at radius 3 is 2.70 bits per heavy atom. The molecule has 0 aromatic heterocycles. The standard InChI is InChI=1S/C13H11NO5S/c1-9(15)20-7-3-2-4-10-5-6-12(14(18)19)11(8-10)13(16)17/h5-6,8H,3,7H2,1H3,(H,16,17). The van der Waals surface area contributed by atoms with Gasteiger partial charge in [0.1, 0.15) is 5.56 Å². The van der Waals surface area contributed by atoms with Crippen molar-refractivity contribution < 1.29 is 19.6 Å². The summed E-state index contributed by atoms with van der Waals surface area (Å²) in [6.45, 7) is 1.47. The molecular weight excluding hydrogens is 282 g/mol. The van der Waals surface area contributed by atoms with E-state index >= 15 is 0 Å². The number of aromatic carboxylic acids is 1. The molecular formula is C13H11NO5S. The molecule has 0 aliphatic carbocycles. The molecule has 20 heavy (non-hydrogen) atoms. The maximum absolute atomic E-state index is 10.9. The molecule has 0 saturated heterocycles. The van der Waals surface area contributed by atoms with E-state index in [9.17, 15) is 19.7 Å². The van der Waals surface area contributed by atoms with Gasteiger partial charge in [-0.05, 0) is 12.1 Å². The second kappa shape index (κ2) is 7.31. The molecule has 0 spiro atoms. The summed E-state index contributed by atoms with van der Waals surface area (Å²) in [7, 11) is 0. The minimum atomic E-state index is -1.37. The maximum Gasteiger partial charge on any atom is 0.342 e. The first-order valence-electron chi connectivity index (χ1n) is 5.55. The van der Waals surface area contributed by atoms with Crippen LogP contribution in [0.3, 0.4) is 0 Å². The van der Waals surface area contributed by atoms with Crippen LogP contribution in [0, 0.1) is 22.0 Å². The van der Waals surface area contributed by atoms with Crippen molar-refractivity contribution in [2.24, 2.45) is 0 Å². The molecule has 1 N–H and O–H groups in total. The molecule has 0 heterocycles. The van der Waals surface area contributed by atoms with Gasteiger partial charge in [0.05, 0.1) is 4.92 Å². The van der Waals surface area contributed by atoms with Crippen molar-refractivity contribution in [2.45, 2.75) is 13.3 Å². The summed E-state index contributed by atoms with van der Waals surface area (Å²) >= 11 is 1.16. The Morgan fingerprint density at radius 2 is 2.15 bits per heavy atom. The zero-order chi connectivity index (χ0) is 15.1. The molecule has 7 heteroatoms. The lowest BCUT2D eigenvalue weighted by Crippen LogP contribution is -2.02. The summed E-state index contributed by atoms with van der Waals surface area (Å²) < 4.78 is 0. The summed E-state index contributed by atoms with van der Waals surface area (Å²) in [5.41, 5.74) is -0.462. The number of benzene rings is 1. The van der Waals surface area contributed by atoms with E-state index in [4.69, 9.17) is 5.11 Å². The van der Waals surface area contributed by atoms with Gasteiger partial charge >= 0.3 is 5.97 Å². The molecule has 1 rings (SSSR count). The fourth-order valence-corrected chi connectivity index (χ4v) is 1.85. The number of nitro groups is 1. The monoisotopic (exact) mass is 293 g/mol. The third kappa shape index (κ3) is 4.74. The molecule has 0 saturated carbocycles. The molecule has 0 amide bonds. The molecule has 6 nitrogen and oxygen atoms in total. The highest BCUT2D eigenvalue weighted by Crippen LogP contribution is 2.19. The highest BCUT2D eigenvalue weighted by Gasteiger charge is 2.19. The zero-order valence-electron chi connectivity index (χ0n) is 10.6. The van der Waals surface area contributed by atoms with Crippen LogP contribution in [0.4, 0.5) is 5.69 Å². The number of hydrogen-bond acceptors (Lipinski definition) is 5. The fraction of sp³-hybridized carbons (Fsp3) is 0.231. The van der Waals surface area contributed by atoms with E-state index in [1.54, 1.807) is 0 Å². The predicted molar refractivity (Wildman–Crippen MR) is 74.7 cm³/mol. The number of thioether (sulfide) groups is 1.